The van der Waals surface area contributed by atoms with Crippen molar-refractivity contribution in [2.45, 2.75) is 6.04 Å². The molecule has 124 valence electrons. The number of Topliss-reactive ketones (excluding diaryl/α,β-unsaturated/α-hetero) is 1. The Morgan fingerprint density at radius 2 is 1.35 bits per heavy atom. The average molecular weight is 336 g/mol. The molecule has 23 heavy (non-hydrogen) atoms. The van der Waals surface area contributed by atoms with Gasteiger partial charge in [-0.15, -0.1) is 12.4 Å². The summed E-state index contributed by atoms with van der Waals surface area (Å²) >= 11 is 0. The molecule has 4 nitrogen and oxygen atoms in total. The van der Waals surface area contributed by atoms with Gasteiger partial charge in [0.15, 0.2) is 5.78 Å². The van der Waals surface area contributed by atoms with Crippen molar-refractivity contribution >= 4 is 18.2 Å². The monoisotopic (exact) mass is 335 g/mol. The van der Waals surface area contributed by atoms with Gasteiger partial charge in [-0.25, -0.2) is 0 Å². The van der Waals surface area contributed by atoms with E-state index in [1.165, 1.54) is 0 Å². The molecule has 0 aromatic heterocycles. The molecule has 2 rings (SSSR count). The summed E-state index contributed by atoms with van der Waals surface area (Å²) in [5, 5.41) is 18.6. The molecular formula is C18H22ClNO3. The number of rotatable bonds is 8. The normalized spacial score (nSPS) is 11.8. The van der Waals surface area contributed by atoms with Crippen LogP contribution in [0.3, 0.4) is 0 Å². The molecule has 0 spiro atoms. The van der Waals surface area contributed by atoms with Gasteiger partial charge in [0, 0.05) is 18.7 Å². The number of hydrogen-bond acceptors (Lipinski definition) is 4. The highest BCUT2D eigenvalue weighted by Crippen LogP contribution is 2.25. The van der Waals surface area contributed by atoms with Gasteiger partial charge >= 0.3 is 0 Å². The molecule has 2 N–H and O–H groups in total. The molecule has 0 amide bonds. The summed E-state index contributed by atoms with van der Waals surface area (Å²) in [6.07, 6.45) is 0. The van der Waals surface area contributed by atoms with Crippen molar-refractivity contribution in [2.24, 2.45) is 0 Å². The molecule has 2 aromatic carbocycles. The fourth-order valence-corrected chi connectivity index (χ4v) is 2.55. The first kappa shape index (κ1) is 19.3. The Balaban J connectivity index is 0.00000264. The first-order valence-electron chi connectivity index (χ1n) is 7.38. The number of nitrogens with zero attached hydrogens (tertiary/aromatic N) is 1. The topological polar surface area (TPSA) is 60.8 Å². The summed E-state index contributed by atoms with van der Waals surface area (Å²) in [5.74, 6) is -0.0336. The zero-order chi connectivity index (χ0) is 15.8. The molecule has 1 unspecified atom stereocenters. The van der Waals surface area contributed by atoms with Gasteiger partial charge in [-0.1, -0.05) is 60.7 Å². The second kappa shape index (κ2) is 10.1. The Bertz CT molecular complexity index is 571. The van der Waals surface area contributed by atoms with E-state index in [1.54, 1.807) is 12.1 Å². The zero-order valence-corrected chi connectivity index (χ0v) is 13.7. The van der Waals surface area contributed by atoms with E-state index in [9.17, 15) is 15.0 Å². The van der Waals surface area contributed by atoms with Gasteiger partial charge < -0.3 is 10.2 Å². The van der Waals surface area contributed by atoms with Crippen LogP contribution in [0.5, 0.6) is 0 Å². The number of benzene rings is 2. The summed E-state index contributed by atoms with van der Waals surface area (Å²) in [7, 11) is 0. The lowest BCUT2D eigenvalue weighted by Crippen LogP contribution is -2.38. The standard InChI is InChI=1S/C18H21NO3.ClH/c20-13-11-19(12-14-21)17(15-7-3-1-4-8-15)18(22)16-9-5-2-6-10-16;/h1-10,17,20-21H,11-14H2;1H. The highest BCUT2D eigenvalue weighted by molar-refractivity contribution is 6.00. The van der Waals surface area contributed by atoms with Crippen LogP contribution in [0, 0.1) is 0 Å². The van der Waals surface area contributed by atoms with Gasteiger partial charge in [0.05, 0.1) is 19.3 Å². The lowest BCUT2D eigenvalue weighted by molar-refractivity contribution is 0.0739. The SMILES string of the molecule is Cl.O=C(c1ccccc1)C(c1ccccc1)N(CCO)CCO. The minimum absolute atomic E-state index is 0. The van der Waals surface area contributed by atoms with Gasteiger partial charge in [-0.3, -0.25) is 9.69 Å². The van der Waals surface area contributed by atoms with Crippen LogP contribution in [0.2, 0.25) is 0 Å². The van der Waals surface area contributed by atoms with E-state index in [0.717, 1.165) is 5.56 Å². The second-order valence-corrected chi connectivity index (χ2v) is 5.03. The molecule has 0 fully saturated rings. The zero-order valence-electron chi connectivity index (χ0n) is 12.8. The number of halogens is 1. The van der Waals surface area contributed by atoms with E-state index in [0.29, 0.717) is 18.7 Å². The van der Waals surface area contributed by atoms with Crippen molar-refractivity contribution in [1.29, 1.82) is 0 Å². The van der Waals surface area contributed by atoms with Crippen molar-refractivity contribution in [3.05, 3.63) is 71.8 Å². The van der Waals surface area contributed by atoms with Gasteiger partial charge in [0.1, 0.15) is 0 Å². The smallest absolute Gasteiger partial charge is 0.184 e. The molecule has 0 aliphatic carbocycles. The summed E-state index contributed by atoms with van der Waals surface area (Å²) in [6.45, 7) is 0.536. The Morgan fingerprint density at radius 3 is 1.83 bits per heavy atom. The number of ketones is 1. The maximum absolute atomic E-state index is 12.9. The molecule has 0 heterocycles. The van der Waals surface area contributed by atoms with Crippen LogP contribution >= 0.6 is 12.4 Å². The minimum Gasteiger partial charge on any atom is -0.395 e. The molecule has 5 heteroatoms. The predicted molar refractivity (Wildman–Crippen MR) is 92.9 cm³/mol. The number of carbonyl (C=O) groups excluding carboxylic acids is 1. The Morgan fingerprint density at radius 1 is 0.870 bits per heavy atom. The van der Waals surface area contributed by atoms with Crippen molar-refractivity contribution in [1.82, 2.24) is 4.90 Å². The van der Waals surface area contributed by atoms with Crippen LogP contribution < -0.4 is 0 Å². The number of aliphatic hydroxyl groups is 2. The Kier molecular flexibility index (Phi) is 8.51. The van der Waals surface area contributed by atoms with Crippen molar-refractivity contribution in [3.8, 4) is 0 Å². The molecule has 0 aliphatic rings. The van der Waals surface area contributed by atoms with Crippen LogP contribution in [0.15, 0.2) is 60.7 Å². The third kappa shape index (κ3) is 5.15. The van der Waals surface area contributed by atoms with E-state index in [2.05, 4.69) is 0 Å². The largest absolute Gasteiger partial charge is 0.395 e. The van der Waals surface area contributed by atoms with Crippen LogP contribution in [0.4, 0.5) is 0 Å². The van der Waals surface area contributed by atoms with Crippen LogP contribution in [0.25, 0.3) is 0 Å². The summed E-state index contributed by atoms with van der Waals surface area (Å²) < 4.78 is 0. The summed E-state index contributed by atoms with van der Waals surface area (Å²) in [5.41, 5.74) is 1.48. The van der Waals surface area contributed by atoms with Gasteiger partial charge in [0.25, 0.3) is 0 Å². The molecule has 2 aromatic rings. The van der Waals surface area contributed by atoms with Crippen LogP contribution in [-0.4, -0.2) is 47.2 Å². The number of aliphatic hydroxyl groups excluding tert-OH is 2. The average Bonchev–Trinajstić information content (AvgIpc) is 2.57. The van der Waals surface area contributed by atoms with E-state index >= 15 is 0 Å². The molecule has 0 saturated heterocycles. The molecule has 1 atom stereocenters. The van der Waals surface area contributed by atoms with Crippen LogP contribution in [-0.2, 0) is 0 Å². The van der Waals surface area contributed by atoms with Gasteiger partial charge in [-0.05, 0) is 5.56 Å². The summed E-state index contributed by atoms with van der Waals surface area (Å²) in [6, 6.07) is 18.1. The van der Waals surface area contributed by atoms with E-state index < -0.39 is 6.04 Å². The first-order chi connectivity index (χ1) is 10.8. The molecule has 0 saturated carbocycles. The Hall–Kier alpha value is -1.72. The highest BCUT2D eigenvalue weighted by Gasteiger charge is 2.27. The van der Waals surface area contributed by atoms with Crippen molar-refractivity contribution in [3.63, 3.8) is 0 Å². The maximum atomic E-state index is 12.9. The van der Waals surface area contributed by atoms with E-state index in [4.69, 9.17) is 0 Å². The second-order valence-electron chi connectivity index (χ2n) is 5.03. The van der Waals surface area contributed by atoms with Crippen molar-refractivity contribution in [2.75, 3.05) is 26.3 Å². The maximum Gasteiger partial charge on any atom is 0.184 e. The third-order valence-electron chi connectivity index (χ3n) is 3.56. The molecular weight excluding hydrogens is 314 g/mol. The van der Waals surface area contributed by atoms with Gasteiger partial charge in [-0.2, -0.15) is 0 Å². The lowest BCUT2D eigenvalue weighted by Gasteiger charge is -2.30. The number of hydrogen-bond donors (Lipinski definition) is 2. The molecule has 0 bridgehead atoms. The fourth-order valence-electron chi connectivity index (χ4n) is 2.55. The van der Waals surface area contributed by atoms with Crippen LogP contribution in [0.1, 0.15) is 22.0 Å². The predicted octanol–water partition coefficient (Wildman–Crippen LogP) is 2.32. The highest BCUT2D eigenvalue weighted by atomic mass is 35.5. The molecule has 0 radical (unpaired) electrons. The minimum atomic E-state index is -0.511. The van der Waals surface area contributed by atoms with E-state index in [-0.39, 0.29) is 31.4 Å². The third-order valence-corrected chi connectivity index (χ3v) is 3.56. The number of carbonyl (C=O) groups is 1. The quantitative estimate of drug-likeness (QED) is 0.727. The first-order valence-corrected chi connectivity index (χ1v) is 7.38. The van der Waals surface area contributed by atoms with Gasteiger partial charge in [0.2, 0.25) is 0 Å². The van der Waals surface area contributed by atoms with Crippen molar-refractivity contribution < 1.29 is 15.0 Å². The summed E-state index contributed by atoms with van der Waals surface area (Å²) in [4.78, 5) is 14.7. The fraction of sp³-hybridized carbons (Fsp3) is 0.278. The van der Waals surface area contributed by atoms with E-state index in [1.807, 2.05) is 53.4 Å². The lowest BCUT2D eigenvalue weighted by atomic mass is 9.96. The molecule has 0 aliphatic heterocycles. The Labute approximate surface area is 142 Å².